The van der Waals surface area contributed by atoms with Gasteiger partial charge in [-0.1, -0.05) is 19.9 Å². The molecule has 29 heavy (non-hydrogen) atoms. The van der Waals surface area contributed by atoms with Crippen LogP contribution in [0, 0.1) is 31.1 Å². The van der Waals surface area contributed by atoms with Gasteiger partial charge in [-0.15, -0.1) is 0 Å². The van der Waals surface area contributed by atoms with E-state index in [1.165, 1.54) is 11.7 Å². The van der Waals surface area contributed by atoms with E-state index in [4.69, 9.17) is 10.5 Å². The third-order valence-electron chi connectivity index (χ3n) is 4.84. The van der Waals surface area contributed by atoms with E-state index in [9.17, 15) is 18.4 Å². The number of nitrogens with two attached hydrogens (primary N) is 1. The Kier molecular flexibility index (Phi) is 4.99. The number of fused-ring (bicyclic) bond motifs is 1. The molecule has 0 aliphatic rings. The van der Waals surface area contributed by atoms with Gasteiger partial charge in [-0.3, -0.25) is 9.25 Å². The van der Waals surface area contributed by atoms with E-state index in [0.717, 1.165) is 10.2 Å². The quantitative estimate of drug-likeness (QED) is 0.689. The van der Waals surface area contributed by atoms with Crippen molar-refractivity contribution in [1.82, 2.24) is 14.3 Å². The number of hydrogen-bond acceptors (Lipinski definition) is 4. The lowest BCUT2D eigenvalue weighted by atomic mass is 10.1. The van der Waals surface area contributed by atoms with Crippen LogP contribution in [0.3, 0.4) is 0 Å². The number of nitrogens with zero attached hydrogens (tertiary/aromatic N) is 4. The summed E-state index contributed by atoms with van der Waals surface area (Å²) in [5.74, 6) is 0.409. The number of nitriles is 1. The van der Waals surface area contributed by atoms with Crippen molar-refractivity contribution in [2.45, 2.75) is 40.4 Å². The number of ether oxygens (including phenoxy) is 1. The van der Waals surface area contributed by atoms with Gasteiger partial charge in [0.15, 0.2) is 11.3 Å². The zero-order chi connectivity index (χ0) is 21.7. The second kappa shape index (κ2) is 7.03. The van der Waals surface area contributed by atoms with E-state index in [1.807, 2.05) is 13.0 Å². The molecule has 0 spiro atoms. The molecule has 0 radical (unpaired) electrons. The van der Waals surface area contributed by atoms with Crippen molar-refractivity contribution in [3.05, 3.63) is 34.5 Å². The molecule has 0 aliphatic carbocycles. The fraction of sp³-hybridized carbons (Fsp3) is 0.400. The highest BCUT2D eigenvalue weighted by Gasteiger charge is 2.41. The zero-order valence-electron chi connectivity index (χ0n) is 16.8. The average Bonchev–Trinajstić information content (AvgIpc) is 3.08. The van der Waals surface area contributed by atoms with Gasteiger partial charge in [-0.25, -0.2) is 0 Å². The normalized spacial score (nSPS) is 12.0. The molecule has 6 nitrogen and oxygen atoms in total. The fourth-order valence-electron chi connectivity index (χ4n) is 3.68. The van der Waals surface area contributed by atoms with E-state index in [0.29, 0.717) is 17.0 Å². The summed E-state index contributed by atoms with van der Waals surface area (Å²) in [5.41, 5.74) is 7.00. The number of anilines is 1. The molecule has 0 amide bonds. The van der Waals surface area contributed by atoms with Gasteiger partial charge in [0.25, 0.3) is 0 Å². The van der Waals surface area contributed by atoms with Gasteiger partial charge in [-0.2, -0.15) is 23.5 Å². The Morgan fingerprint density at radius 3 is 2.45 bits per heavy atom. The number of hydrogen-bond donors (Lipinski definition) is 1. The highest BCUT2D eigenvalue weighted by Crippen LogP contribution is 2.42. The summed E-state index contributed by atoms with van der Waals surface area (Å²) in [6, 6.07) is 5.40. The van der Waals surface area contributed by atoms with Gasteiger partial charge < -0.3 is 10.5 Å². The first kappa shape index (κ1) is 20.6. The number of rotatable bonds is 4. The Morgan fingerprint density at radius 1 is 1.28 bits per heavy atom. The molecule has 0 bridgehead atoms. The average molecular weight is 405 g/mol. The molecule has 0 saturated heterocycles. The molecule has 3 aromatic rings. The molecule has 0 atom stereocenters. The Balaban J connectivity index is 2.51. The Morgan fingerprint density at radius 2 is 1.93 bits per heavy atom. The number of nitrogen functional groups attached to an aromatic ring is 1. The Bertz CT molecular complexity index is 1130. The van der Waals surface area contributed by atoms with E-state index < -0.39 is 11.9 Å². The zero-order valence-corrected chi connectivity index (χ0v) is 16.8. The van der Waals surface area contributed by atoms with Gasteiger partial charge in [0.1, 0.15) is 23.2 Å². The van der Waals surface area contributed by atoms with Crippen LogP contribution in [0.5, 0.6) is 5.75 Å². The summed E-state index contributed by atoms with van der Waals surface area (Å²) in [6.45, 7) is 7.26. The fourth-order valence-corrected chi connectivity index (χ4v) is 3.68. The van der Waals surface area contributed by atoms with Crippen LogP contribution in [-0.2, 0) is 12.7 Å². The van der Waals surface area contributed by atoms with Crippen molar-refractivity contribution >= 4 is 16.9 Å². The van der Waals surface area contributed by atoms with Crippen molar-refractivity contribution in [3.8, 4) is 17.5 Å². The van der Waals surface area contributed by atoms with Crippen LogP contribution in [-0.4, -0.2) is 21.5 Å². The van der Waals surface area contributed by atoms with Gasteiger partial charge >= 0.3 is 6.18 Å². The van der Waals surface area contributed by atoms with E-state index >= 15 is 0 Å². The van der Waals surface area contributed by atoms with Crippen LogP contribution in [0.1, 0.15) is 36.2 Å². The molecule has 2 N–H and O–H groups in total. The summed E-state index contributed by atoms with van der Waals surface area (Å²) in [4.78, 5) is 0. The first-order valence-electron chi connectivity index (χ1n) is 9.05. The largest absolute Gasteiger partial charge is 0.496 e. The predicted molar refractivity (Wildman–Crippen MR) is 104 cm³/mol. The van der Waals surface area contributed by atoms with Gasteiger partial charge in [-0.05, 0) is 31.4 Å². The first-order chi connectivity index (χ1) is 13.5. The second-order valence-electron chi connectivity index (χ2n) is 7.39. The minimum Gasteiger partial charge on any atom is -0.496 e. The smallest absolute Gasteiger partial charge is 0.433 e. The van der Waals surface area contributed by atoms with Crippen LogP contribution in [0.15, 0.2) is 12.1 Å². The van der Waals surface area contributed by atoms with Crippen molar-refractivity contribution in [2.24, 2.45) is 5.92 Å². The molecule has 0 unspecified atom stereocenters. The number of halogens is 3. The summed E-state index contributed by atoms with van der Waals surface area (Å²) < 4.78 is 49.6. The van der Waals surface area contributed by atoms with E-state index in [-0.39, 0.29) is 34.9 Å². The van der Waals surface area contributed by atoms with Gasteiger partial charge in [0, 0.05) is 12.1 Å². The molecule has 2 aromatic heterocycles. The van der Waals surface area contributed by atoms with Crippen LogP contribution < -0.4 is 10.5 Å². The highest BCUT2D eigenvalue weighted by atomic mass is 19.4. The minimum atomic E-state index is -4.69. The lowest BCUT2D eigenvalue weighted by Gasteiger charge is -2.16. The van der Waals surface area contributed by atoms with Crippen molar-refractivity contribution < 1.29 is 17.9 Å². The topological polar surface area (TPSA) is 81.8 Å². The first-order valence-corrected chi connectivity index (χ1v) is 9.05. The molecule has 0 saturated carbocycles. The molecular formula is C20H22F3N5O. The molecule has 154 valence electrons. The lowest BCUT2D eigenvalue weighted by Crippen LogP contribution is -2.18. The SMILES string of the molecule is COc1ccc(C)c(-n2c(N)c(C#N)c3c(C(F)(F)F)n(CC(C)C)nc32)c1C. The molecule has 0 fully saturated rings. The Labute approximate surface area is 166 Å². The molecule has 0 aliphatic heterocycles. The van der Waals surface area contributed by atoms with Crippen molar-refractivity contribution in [2.75, 3.05) is 12.8 Å². The number of benzene rings is 1. The maximum Gasteiger partial charge on any atom is 0.433 e. The predicted octanol–water partition coefficient (Wildman–Crippen LogP) is 4.58. The minimum absolute atomic E-state index is 0.00600. The highest BCUT2D eigenvalue weighted by molar-refractivity contribution is 5.94. The van der Waals surface area contributed by atoms with Crippen molar-refractivity contribution in [3.63, 3.8) is 0 Å². The van der Waals surface area contributed by atoms with E-state index in [1.54, 1.807) is 32.9 Å². The van der Waals surface area contributed by atoms with Crippen molar-refractivity contribution in [1.29, 1.82) is 5.26 Å². The summed E-state index contributed by atoms with van der Waals surface area (Å²) in [5, 5.41) is 13.6. The molecule has 3 rings (SSSR count). The number of alkyl halides is 3. The van der Waals surface area contributed by atoms with Gasteiger partial charge in [0.2, 0.25) is 0 Å². The second-order valence-corrected chi connectivity index (χ2v) is 7.39. The Hall–Kier alpha value is -3.15. The van der Waals surface area contributed by atoms with Gasteiger partial charge in [0.05, 0.1) is 18.2 Å². The third kappa shape index (κ3) is 3.18. The maximum absolute atomic E-state index is 14.0. The number of methoxy groups -OCH3 is 1. The summed E-state index contributed by atoms with van der Waals surface area (Å²) in [6.07, 6.45) is -4.69. The van der Waals surface area contributed by atoms with Crippen LogP contribution in [0.4, 0.5) is 19.0 Å². The summed E-state index contributed by atoms with van der Waals surface area (Å²) >= 11 is 0. The molecular weight excluding hydrogens is 383 g/mol. The number of aryl methyl sites for hydroxylation is 1. The van der Waals surface area contributed by atoms with Crippen LogP contribution >= 0.6 is 0 Å². The van der Waals surface area contributed by atoms with E-state index in [2.05, 4.69) is 5.10 Å². The molecule has 2 heterocycles. The van der Waals surface area contributed by atoms with Crippen LogP contribution in [0.25, 0.3) is 16.7 Å². The molecule has 9 heteroatoms. The summed E-state index contributed by atoms with van der Waals surface area (Å²) in [7, 11) is 1.51. The maximum atomic E-state index is 14.0. The third-order valence-corrected chi connectivity index (χ3v) is 4.84. The van der Waals surface area contributed by atoms with Crippen LogP contribution in [0.2, 0.25) is 0 Å². The number of aromatic nitrogens is 3. The molecule has 1 aromatic carbocycles. The lowest BCUT2D eigenvalue weighted by molar-refractivity contribution is -0.143. The standard InChI is InChI=1S/C20H22F3N5O/c1-10(2)9-27-17(20(21,22)23)15-13(8-24)18(25)28(19(15)26-27)16-11(3)6-7-14(29-5)12(16)4/h6-7,10H,9,25H2,1-5H3. The monoisotopic (exact) mass is 405 g/mol.